The van der Waals surface area contributed by atoms with E-state index < -0.39 is 0 Å². The van der Waals surface area contributed by atoms with E-state index >= 15 is 0 Å². The van der Waals surface area contributed by atoms with Gasteiger partial charge in [-0.25, -0.2) is 9.18 Å². The van der Waals surface area contributed by atoms with Crippen LogP contribution in [0.1, 0.15) is 5.56 Å². The summed E-state index contributed by atoms with van der Waals surface area (Å²) in [5.41, 5.74) is 1.97. The van der Waals surface area contributed by atoms with Crippen molar-refractivity contribution in [3.63, 3.8) is 0 Å². The Bertz CT molecular complexity index is 792. The molecule has 0 atom stereocenters. The number of hydrogen-bond acceptors (Lipinski definition) is 3. The molecule has 1 aliphatic rings. The molecule has 2 aromatic rings. The van der Waals surface area contributed by atoms with Crippen molar-refractivity contribution in [3.8, 4) is 0 Å². The summed E-state index contributed by atoms with van der Waals surface area (Å²) in [6.07, 6.45) is 0.541. The fraction of sp³-hybridized carbons (Fsp3) is 0.333. The summed E-state index contributed by atoms with van der Waals surface area (Å²) in [5, 5.41) is 5.40. The zero-order chi connectivity index (χ0) is 19.8. The van der Waals surface area contributed by atoms with Gasteiger partial charge in [0.15, 0.2) is 0 Å². The molecule has 2 aromatic carbocycles. The minimum Gasteiger partial charge on any atom is -0.368 e. The first kappa shape index (κ1) is 19.7. The molecule has 28 heavy (non-hydrogen) atoms. The van der Waals surface area contributed by atoms with Gasteiger partial charge in [-0.3, -0.25) is 4.79 Å². The summed E-state index contributed by atoms with van der Waals surface area (Å²) < 4.78 is 13.1. The lowest BCUT2D eigenvalue weighted by molar-refractivity contribution is -0.120. The summed E-state index contributed by atoms with van der Waals surface area (Å²) in [7, 11) is 0. The molecule has 3 amide bonds. The third-order valence-electron chi connectivity index (χ3n) is 4.71. The highest BCUT2D eigenvalue weighted by molar-refractivity contribution is 5.84. The van der Waals surface area contributed by atoms with E-state index in [9.17, 15) is 14.0 Å². The minimum absolute atomic E-state index is 0.0686. The van der Waals surface area contributed by atoms with Crippen LogP contribution in [-0.4, -0.2) is 56.1 Å². The van der Waals surface area contributed by atoms with Crippen molar-refractivity contribution in [2.24, 2.45) is 0 Å². The molecule has 0 bridgehead atoms. The number of nitrogens with one attached hydrogen (secondary N) is 2. The minimum atomic E-state index is -0.288. The first-order valence-corrected chi connectivity index (χ1v) is 9.46. The fourth-order valence-electron chi connectivity index (χ4n) is 3.18. The van der Waals surface area contributed by atoms with Crippen molar-refractivity contribution in [1.29, 1.82) is 0 Å². The Kier molecular flexibility index (Phi) is 6.84. The Morgan fingerprint density at radius 2 is 1.68 bits per heavy atom. The van der Waals surface area contributed by atoms with Crippen LogP contribution in [-0.2, 0) is 11.2 Å². The van der Waals surface area contributed by atoms with Crippen molar-refractivity contribution in [3.05, 3.63) is 66.0 Å². The van der Waals surface area contributed by atoms with Crippen molar-refractivity contribution in [2.45, 2.75) is 6.42 Å². The number of piperazine rings is 1. The third-order valence-corrected chi connectivity index (χ3v) is 4.71. The SMILES string of the molecule is O=C(CNC(=O)N1CCN(c2ccccc2)CC1)NCCc1cccc(F)c1. The van der Waals surface area contributed by atoms with Crippen molar-refractivity contribution in [1.82, 2.24) is 15.5 Å². The number of para-hydroxylation sites is 1. The van der Waals surface area contributed by atoms with Crippen LogP contribution in [0.4, 0.5) is 14.9 Å². The highest BCUT2D eigenvalue weighted by Crippen LogP contribution is 2.15. The summed E-state index contributed by atoms with van der Waals surface area (Å²) in [6.45, 7) is 3.08. The van der Waals surface area contributed by atoms with Crippen LogP contribution in [0, 0.1) is 5.82 Å². The predicted molar refractivity (Wildman–Crippen MR) is 107 cm³/mol. The largest absolute Gasteiger partial charge is 0.368 e. The summed E-state index contributed by atoms with van der Waals surface area (Å²) >= 11 is 0. The van der Waals surface area contributed by atoms with Crippen LogP contribution in [0.3, 0.4) is 0 Å². The molecule has 0 spiro atoms. The number of amides is 3. The number of carbonyl (C=O) groups is 2. The van der Waals surface area contributed by atoms with Crippen LogP contribution < -0.4 is 15.5 Å². The monoisotopic (exact) mass is 384 g/mol. The van der Waals surface area contributed by atoms with Gasteiger partial charge in [0.05, 0.1) is 6.54 Å². The van der Waals surface area contributed by atoms with Gasteiger partial charge in [0.25, 0.3) is 0 Å². The summed E-state index contributed by atoms with van der Waals surface area (Å²) in [4.78, 5) is 28.1. The van der Waals surface area contributed by atoms with Gasteiger partial charge in [0.2, 0.25) is 5.91 Å². The lowest BCUT2D eigenvalue weighted by atomic mass is 10.1. The molecule has 3 rings (SSSR count). The number of hydrogen-bond donors (Lipinski definition) is 2. The van der Waals surface area contributed by atoms with Crippen LogP contribution in [0.25, 0.3) is 0 Å². The molecular weight excluding hydrogens is 359 g/mol. The molecule has 7 heteroatoms. The zero-order valence-electron chi connectivity index (χ0n) is 15.7. The number of urea groups is 1. The number of rotatable bonds is 6. The Morgan fingerprint density at radius 3 is 2.39 bits per heavy atom. The van der Waals surface area contributed by atoms with Crippen LogP contribution >= 0.6 is 0 Å². The number of benzene rings is 2. The average molecular weight is 384 g/mol. The lowest BCUT2D eigenvalue weighted by Crippen LogP contribution is -2.53. The molecule has 0 aliphatic carbocycles. The maximum absolute atomic E-state index is 13.1. The molecule has 148 valence electrons. The number of halogens is 1. The predicted octanol–water partition coefficient (Wildman–Crippen LogP) is 2.02. The van der Waals surface area contributed by atoms with E-state index in [0.29, 0.717) is 26.1 Å². The second kappa shape index (κ2) is 9.73. The van der Waals surface area contributed by atoms with Gasteiger partial charge < -0.3 is 20.4 Å². The van der Waals surface area contributed by atoms with Crippen molar-refractivity contribution >= 4 is 17.6 Å². The second-order valence-electron chi connectivity index (χ2n) is 6.70. The molecule has 1 saturated heterocycles. The third kappa shape index (κ3) is 5.70. The quantitative estimate of drug-likeness (QED) is 0.801. The summed E-state index contributed by atoms with van der Waals surface area (Å²) in [5.74, 6) is -0.545. The fourth-order valence-corrected chi connectivity index (χ4v) is 3.18. The van der Waals surface area contributed by atoms with Gasteiger partial charge in [0, 0.05) is 38.4 Å². The smallest absolute Gasteiger partial charge is 0.317 e. The first-order valence-electron chi connectivity index (χ1n) is 9.46. The molecule has 1 fully saturated rings. The lowest BCUT2D eigenvalue weighted by Gasteiger charge is -2.36. The van der Waals surface area contributed by atoms with Crippen molar-refractivity contribution < 1.29 is 14.0 Å². The Morgan fingerprint density at radius 1 is 0.929 bits per heavy atom. The molecular formula is C21H25FN4O2. The van der Waals surface area contributed by atoms with E-state index in [4.69, 9.17) is 0 Å². The van der Waals surface area contributed by atoms with Crippen molar-refractivity contribution in [2.75, 3.05) is 44.2 Å². The molecule has 6 nitrogen and oxygen atoms in total. The number of nitrogens with zero attached hydrogens (tertiary/aromatic N) is 2. The highest BCUT2D eigenvalue weighted by Gasteiger charge is 2.21. The van der Waals surface area contributed by atoms with Gasteiger partial charge in [0.1, 0.15) is 5.82 Å². The molecule has 1 aliphatic heterocycles. The van der Waals surface area contributed by atoms with E-state index in [1.807, 2.05) is 24.3 Å². The van der Waals surface area contributed by atoms with Crippen LogP contribution in [0.15, 0.2) is 54.6 Å². The topological polar surface area (TPSA) is 64.7 Å². The van der Waals surface area contributed by atoms with Gasteiger partial charge in [-0.2, -0.15) is 0 Å². The Balaban J connectivity index is 1.33. The van der Waals surface area contributed by atoms with Crippen LogP contribution in [0.5, 0.6) is 0 Å². The first-order chi connectivity index (χ1) is 13.6. The van der Waals surface area contributed by atoms with Crippen LogP contribution in [0.2, 0.25) is 0 Å². The molecule has 2 N–H and O–H groups in total. The van der Waals surface area contributed by atoms with Gasteiger partial charge in [-0.15, -0.1) is 0 Å². The second-order valence-corrected chi connectivity index (χ2v) is 6.70. The number of carbonyl (C=O) groups excluding carboxylic acids is 2. The molecule has 0 unspecified atom stereocenters. The zero-order valence-corrected chi connectivity index (χ0v) is 15.7. The van der Waals surface area contributed by atoms with Gasteiger partial charge in [-0.1, -0.05) is 30.3 Å². The van der Waals surface area contributed by atoms with E-state index in [-0.39, 0.29) is 24.3 Å². The maximum Gasteiger partial charge on any atom is 0.317 e. The average Bonchev–Trinajstić information content (AvgIpc) is 2.73. The molecule has 0 saturated carbocycles. The van der Waals surface area contributed by atoms with E-state index in [2.05, 4.69) is 27.7 Å². The van der Waals surface area contributed by atoms with E-state index in [1.54, 1.807) is 11.0 Å². The Labute approximate surface area is 164 Å². The summed E-state index contributed by atoms with van der Waals surface area (Å²) in [6, 6.07) is 16.2. The van der Waals surface area contributed by atoms with E-state index in [1.165, 1.54) is 12.1 Å². The standard InChI is InChI=1S/C21H25FN4O2/c22-18-6-4-5-17(15-18)9-10-23-20(27)16-24-21(28)26-13-11-25(12-14-26)19-7-2-1-3-8-19/h1-8,15H,9-14,16H2,(H,23,27)(H,24,28). The maximum atomic E-state index is 13.1. The molecule has 0 aromatic heterocycles. The van der Waals surface area contributed by atoms with Gasteiger partial charge >= 0.3 is 6.03 Å². The van der Waals surface area contributed by atoms with E-state index in [0.717, 1.165) is 24.3 Å². The molecule has 0 radical (unpaired) electrons. The normalized spacial score (nSPS) is 13.9. The Hall–Kier alpha value is -3.09. The van der Waals surface area contributed by atoms with Gasteiger partial charge in [-0.05, 0) is 36.2 Å². The number of anilines is 1. The highest BCUT2D eigenvalue weighted by atomic mass is 19.1. The molecule has 1 heterocycles.